The highest BCUT2D eigenvalue weighted by molar-refractivity contribution is 5.88. The first-order valence-corrected chi connectivity index (χ1v) is 8.17. The third-order valence-corrected chi connectivity index (χ3v) is 3.90. The predicted octanol–water partition coefficient (Wildman–Crippen LogP) is 3.79. The van der Waals surface area contributed by atoms with Crippen LogP contribution in [-0.2, 0) is 6.54 Å². The smallest absolute Gasteiger partial charge is 0.126 e. The van der Waals surface area contributed by atoms with Crippen molar-refractivity contribution in [1.82, 2.24) is 9.88 Å². The summed E-state index contributed by atoms with van der Waals surface area (Å²) in [6.07, 6.45) is 1.79. The zero-order valence-corrected chi connectivity index (χ0v) is 14.2. The normalized spacial score (nSPS) is 11.0. The Bertz CT molecular complexity index is 787. The van der Waals surface area contributed by atoms with Crippen LogP contribution in [-0.4, -0.2) is 37.1 Å². The van der Waals surface area contributed by atoms with Crippen LogP contribution in [0.15, 0.2) is 60.8 Å². The fraction of sp³-hybridized carbons (Fsp3) is 0.250. The average Bonchev–Trinajstić information content (AvgIpc) is 2.61. The van der Waals surface area contributed by atoms with Gasteiger partial charge in [-0.1, -0.05) is 36.4 Å². The molecule has 0 aliphatic heterocycles. The van der Waals surface area contributed by atoms with Gasteiger partial charge in [0.05, 0.1) is 0 Å². The summed E-state index contributed by atoms with van der Waals surface area (Å²) in [4.78, 5) is 6.45. The third-order valence-electron chi connectivity index (χ3n) is 3.90. The van der Waals surface area contributed by atoms with Gasteiger partial charge < -0.3 is 15.0 Å². The Morgan fingerprint density at radius 1 is 1.00 bits per heavy atom. The molecule has 4 nitrogen and oxygen atoms in total. The quantitative estimate of drug-likeness (QED) is 0.718. The van der Waals surface area contributed by atoms with Crippen LogP contribution >= 0.6 is 0 Å². The molecule has 0 amide bonds. The Morgan fingerprint density at radius 3 is 2.62 bits per heavy atom. The second kappa shape index (κ2) is 7.79. The highest BCUT2D eigenvalue weighted by atomic mass is 16.5. The van der Waals surface area contributed by atoms with Gasteiger partial charge >= 0.3 is 0 Å². The standard InChI is InChI=1S/C20H23N3O/c1-23(2)13-14-24-19-11-10-16-7-3-4-8-17(16)18(19)15-22-20-9-5-6-12-21-20/h3-12H,13-15H2,1-2H3,(H,21,22). The predicted molar refractivity (Wildman–Crippen MR) is 99.6 cm³/mol. The lowest BCUT2D eigenvalue weighted by Gasteiger charge is -2.16. The van der Waals surface area contributed by atoms with Crippen LogP contribution in [0.2, 0.25) is 0 Å². The number of nitrogens with one attached hydrogen (secondary N) is 1. The first-order valence-electron chi connectivity index (χ1n) is 8.17. The molecule has 3 aromatic rings. The second-order valence-electron chi connectivity index (χ2n) is 5.98. The molecule has 1 aromatic heterocycles. The lowest BCUT2D eigenvalue weighted by atomic mass is 10.0. The molecule has 3 rings (SSSR count). The minimum Gasteiger partial charge on any atom is -0.492 e. The Balaban J connectivity index is 1.86. The second-order valence-corrected chi connectivity index (χ2v) is 5.98. The van der Waals surface area contributed by atoms with Gasteiger partial charge in [-0.25, -0.2) is 4.98 Å². The van der Waals surface area contributed by atoms with E-state index in [4.69, 9.17) is 4.74 Å². The van der Waals surface area contributed by atoms with E-state index >= 15 is 0 Å². The molecule has 1 N–H and O–H groups in total. The van der Waals surface area contributed by atoms with Crippen molar-refractivity contribution >= 4 is 16.6 Å². The van der Waals surface area contributed by atoms with Gasteiger partial charge in [-0.3, -0.25) is 0 Å². The number of pyridine rings is 1. The maximum Gasteiger partial charge on any atom is 0.126 e. The molecule has 0 aliphatic carbocycles. The summed E-state index contributed by atoms with van der Waals surface area (Å²) in [5.41, 5.74) is 1.16. The Morgan fingerprint density at radius 2 is 1.83 bits per heavy atom. The summed E-state index contributed by atoms with van der Waals surface area (Å²) >= 11 is 0. The lowest BCUT2D eigenvalue weighted by Crippen LogP contribution is -2.20. The molecule has 0 saturated heterocycles. The number of hydrogen-bond donors (Lipinski definition) is 1. The number of likely N-dealkylation sites (N-methyl/N-ethyl adjacent to an activating group) is 1. The molecule has 0 radical (unpaired) electrons. The third kappa shape index (κ3) is 4.03. The summed E-state index contributed by atoms with van der Waals surface area (Å²) in [6.45, 7) is 2.23. The molecular formula is C20H23N3O. The molecule has 0 atom stereocenters. The van der Waals surface area contributed by atoms with Gasteiger partial charge in [0.1, 0.15) is 18.2 Å². The fourth-order valence-electron chi connectivity index (χ4n) is 2.62. The van der Waals surface area contributed by atoms with Crippen LogP contribution in [0.25, 0.3) is 10.8 Å². The molecule has 0 spiro atoms. The molecule has 4 heteroatoms. The lowest BCUT2D eigenvalue weighted by molar-refractivity contribution is 0.260. The van der Waals surface area contributed by atoms with Gasteiger partial charge in [-0.2, -0.15) is 0 Å². The SMILES string of the molecule is CN(C)CCOc1ccc2ccccc2c1CNc1ccccn1. The highest BCUT2D eigenvalue weighted by Crippen LogP contribution is 2.28. The van der Waals surface area contributed by atoms with E-state index in [1.165, 1.54) is 10.8 Å². The van der Waals surface area contributed by atoms with Crippen molar-refractivity contribution in [2.45, 2.75) is 6.54 Å². The minimum atomic E-state index is 0.669. The summed E-state index contributed by atoms with van der Waals surface area (Å²) in [6, 6.07) is 18.4. The summed E-state index contributed by atoms with van der Waals surface area (Å²) in [7, 11) is 4.10. The average molecular weight is 321 g/mol. The van der Waals surface area contributed by atoms with Crippen molar-refractivity contribution in [3.8, 4) is 5.75 Å². The van der Waals surface area contributed by atoms with Crippen LogP contribution in [0, 0.1) is 0 Å². The van der Waals surface area contributed by atoms with E-state index < -0.39 is 0 Å². The summed E-state index contributed by atoms with van der Waals surface area (Å²) in [5.74, 6) is 1.80. The number of aromatic nitrogens is 1. The van der Waals surface area contributed by atoms with E-state index in [1.807, 2.05) is 32.3 Å². The number of ether oxygens (including phenoxy) is 1. The van der Waals surface area contributed by atoms with Crippen molar-refractivity contribution < 1.29 is 4.74 Å². The minimum absolute atomic E-state index is 0.669. The molecule has 0 fully saturated rings. The first-order chi connectivity index (χ1) is 11.7. The van der Waals surface area contributed by atoms with E-state index in [9.17, 15) is 0 Å². The number of benzene rings is 2. The van der Waals surface area contributed by atoms with Gasteiger partial charge in [0, 0.05) is 24.8 Å². The van der Waals surface area contributed by atoms with Crippen LogP contribution in [0.1, 0.15) is 5.56 Å². The van der Waals surface area contributed by atoms with E-state index in [1.54, 1.807) is 6.20 Å². The van der Waals surface area contributed by atoms with E-state index in [2.05, 4.69) is 51.6 Å². The number of rotatable bonds is 7. The topological polar surface area (TPSA) is 37.4 Å². The van der Waals surface area contributed by atoms with Crippen molar-refractivity contribution in [2.24, 2.45) is 0 Å². The maximum atomic E-state index is 6.04. The molecule has 0 bridgehead atoms. The molecule has 2 aromatic carbocycles. The Labute approximate surface area is 143 Å². The number of anilines is 1. The van der Waals surface area contributed by atoms with Crippen molar-refractivity contribution in [3.05, 3.63) is 66.4 Å². The molecule has 24 heavy (non-hydrogen) atoms. The van der Waals surface area contributed by atoms with Gasteiger partial charge in [-0.15, -0.1) is 0 Å². The van der Waals surface area contributed by atoms with Crippen LogP contribution < -0.4 is 10.1 Å². The van der Waals surface area contributed by atoms with Gasteiger partial charge in [0.25, 0.3) is 0 Å². The van der Waals surface area contributed by atoms with Crippen LogP contribution in [0.3, 0.4) is 0 Å². The number of nitrogens with zero attached hydrogens (tertiary/aromatic N) is 2. The van der Waals surface area contributed by atoms with E-state index in [-0.39, 0.29) is 0 Å². The highest BCUT2D eigenvalue weighted by Gasteiger charge is 2.09. The van der Waals surface area contributed by atoms with Gasteiger partial charge in [0.2, 0.25) is 0 Å². The first kappa shape index (κ1) is 16.3. The largest absolute Gasteiger partial charge is 0.492 e. The monoisotopic (exact) mass is 321 g/mol. The van der Waals surface area contributed by atoms with E-state index in [0.717, 1.165) is 23.7 Å². The van der Waals surface area contributed by atoms with Gasteiger partial charge in [0.15, 0.2) is 0 Å². The maximum absolute atomic E-state index is 6.04. The molecule has 0 saturated carbocycles. The Hall–Kier alpha value is -2.59. The summed E-state index contributed by atoms with van der Waals surface area (Å²) < 4.78 is 6.04. The summed E-state index contributed by atoms with van der Waals surface area (Å²) in [5, 5.41) is 5.82. The molecular weight excluding hydrogens is 298 g/mol. The zero-order valence-electron chi connectivity index (χ0n) is 14.2. The van der Waals surface area contributed by atoms with Crippen molar-refractivity contribution in [2.75, 3.05) is 32.6 Å². The zero-order chi connectivity index (χ0) is 16.8. The number of fused-ring (bicyclic) bond motifs is 1. The molecule has 0 aliphatic rings. The van der Waals surface area contributed by atoms with Gasteiger partial charge in [-0.05, 0) is 43.1 Å². The molecule has 124 valence electrons. The van der Waals surface area contributed by atoms with Crippen LogP contribution in [0.5, 0.6) is 5.75 Å². The molecule has 0 unspecified atom stereocenters. The van der Waals surface area contributed by atoms with E-state index in [0.29, 0.717) is 13.2 Å². The number of hydrogen-bond acceptors (Lipinski definition) is 4. The van der Waals surface area contributed by atoms with Crippen molar-refractivity contribution in [3.63, 3.8) is 0 Å². The fourth-order valence-corrected chi connectivity index (χ4v) is 2.62. The van der Waals surface area contributed by atoms with Crippen molar-refractivity contribution in [1.29, 1.82) is 0 Å². The Kier molecular flexibility index (Phi) is 5.29. The molecule has 1 heterocycles. The van der Waals surface area contributed by atoms with Crippen LogP contribution in [0.4, 0.5) is 5.82 Å².